The fourth-order valence-corrected chi connectivity index (χ4v) is 8.42. The van der Waals surface area contributed by atoms with Crippen LogP contribution < -0.4 is 10.6 Å². The molecule has 2 aromatic carbocycles. The number of hydroxylamine groups is 2. The average molecular weight is 649 g/mol. The van der Waals surface area contributed by atoms with Gasteiger partial charge in [0.25, 0.3) is 5.91 Å². The molecular formula is C38H56N4O5. The standard InChI is InChI=1S/C38H56N4O5/c1-22(2)32(20-41(7)8)40-36(45)28-14-10-13-27(16-28)26-12-9-11-25(15-26)19-42-35(34(24(4)44)33(21-43)47-42)37(46)39-31-18-29-17-30(23(31)3)38(29,5)6/h9-16,22-24,29-35,43-44H,17-21H2,1-8H3,(H,39,46)(H,40,45)/t23-,24-,29+,30-,31-,32-,33-,34+,35-/m0/s1. The van der Waals surface area contributed by atoms with E-state index < -0.39 is 24.2 Å². The van der Waals surface area contributed by atoms with Crippen LogP contribution in [0.15, 0.2) is 48.5 Å². The van der Waals surface area contributed by atoms with Crippen molar-refractivity contribution in [3.05, 3.63) is 59.7 Å². The maximum absolute atomic E-state index is 14.0. The molecule has 4 fully saturated rings. The summed E-state index contributed by atoms with van der Waals surface area (Å²) in [7, 11) is 4.01. The van der Waals surface area contributed by atoms with Crippen LogP contribution in [0.4, 0.5) is 0 Å². The van der Waals surface area contributed by atoms with E-state index in [1.165, 1.54) is 6.42 Å². The van der Waals surface area contributed by atoms with Gasteiger partial charge in [0.15, 0.2) is 0 Å². The van der Waals surface area contributed by atoms with Crippen LogP contribution >= 0.6 is 0 Å². The summed E-state index contributed by atoms with van der Waals surface area (Å²) < 4.78 is 0. The van der Waals surface area contributed by atoms with Crippen LogP contribution in [0.25, 0.3) is 11.1 Å². The summed E-state index contributed by atoms with van der Waals surface area (Å²) in [4.78, 5) is 35.5. The van der Waals surface area contributed by atoms with Gasteiger partial charge in [-0.3, -0.25) is 14.4 Å². The molecule has 2 amide bonds. The van der Waals surface area contributed by atoms with Gasteiger partial charge in [-0.1, -0.05) is 65.0 Å². The number of aliphatic hydroxyl groups is 2. The molecule has 258 valence electrons. The first-order valence-corrected chi connectivity index (χ1v) is 17.4. The number of carbonyl (C=O) groups is 2. The number of nitrogens with one attached hydrogen (secondary N) is 2. The molecular weight excluding hydrogens is 592 g/mol. The lowest BCUT2D eigenvalue weighted by Gasteiger charge is -2.62. The second kappa shape index (κ2) is 14.3. The van der Waals surface area contributed by atoms with Crippen molar-refractivity contribution < 1.29 is 24.6 Å². The Hall–Kier alpha value is -2.82. The van der Waals surface area contributed by atoms with Gasteiger partial charge in [-0.05, 0) is 97.8 Å². The van der Waals surface area contributed by atoms with E-state index in [0.29, 0.717) is 41.2 Å². The van der Waals surface area contributed by atoms with Gasteiger partial charge >= 0.3 is 0 Å². The van der Waals surface area contributed by atoms with Crippen LogP contribution in [0.5, 0.6) is 0 Å². The van der Waals surface area contributed by atoms with E-state index in [1.807, 2.05) is 62.6 Å². The number of carbonyl (C=O) groups excluding carboxylic acids is 2. The Morgan fingerprint density at radius 3 is 2.34 bits per heavy atom. The molecule has 3 saturated carbocycles. The zero-order chi connectivity index (χ0) is 34.2. The van der Waals surface area contributed by atoms with E-state index in [9.17, 15) is 19.8 Å². The zero-order valence-electron chi connectivity index (χ0n) is 29.4. The first-order valence-electron chi connectivity index (χ1n) is 17.4. The third-order valence-electron chi connectivity index (χ3n) is 11.5. The SMILES string of the molecule is CC(C)[C@H](CN(C)C)NC(=O)c1cccc(-c2cccc(CN3O[C@@H](CO)[C@@H]([C@H](C)O)[C@H]3C(=O)N[C@H]3C[C@H]4C[C@@H]([C@@H]3C)C4(C)C)c2)c1. The van der Waals surface area contributed by atoms with Crippen LogP contribution in [-0.2, 0) is 16.2 Å². The molecule has 9 heteroatoms. The lowest BCUT2D eigenvalue weighted by atomic mass is 9.45. The van der Waals surface area contributed by atoms with E-state index in [-0.39, 0.29) is 30.5 Å². The summed E-state index contributed by atoms with van der Waals surface area (Å²) in [5.41, 5.74) is 3.67. The third kappa shape index (κ3) is 7.44. The minimum atomic E-state index is -0.850. The lowest BCUT2D eigenvalue weighted by Crippen LogP contribution is -2.62. The maximum atomic E-state index is 14.0. The van der Waals surface area contributed by atoms with Crippen molar-refractivity contribution in [2.45, 2.75) is 91.3 Å². The quantitative estimate of drug-likeness (QED) is 0.271. The van der Waals surface area contributed by atoms with Crippen LogP contribution in [0.1, 0.15) is 70.3 Å². The molecule has 6 rings (SSSR count). The highest BCUT2D eigenvalue weighted by Crippen LogP contribution is 2.61. The summed E-state index contributed by atoms with van der Waals surface area (Å²) in [6, 6.07) is 15.0. The van der Waals surface area contributed by atoms with Gasteiger partial charge in [0.1, 0.15) is 12.1 Å². The number of nitrogens with zero attached hydrogens (tertiary/aromatic N) is 2. The van der Waals surface area contributed by atoms with Crippen LogP contribution in [0.3, 0.4) is 0 Å². The van der Waals surface area contributed by atoms with Gasteiger partial charge < -0.3 is 25.7 Å². The maximum Gasteiger partial charge on any atom is 0.251 e. The summed E-state index contributed by atoms with van der Waals surface area (Å²) >= 11 is 0. The smallest absolute Gasteiger partial charge is 0.251 e. The lowest BCUT2D eigenvalue weighted by molar-refractivity contribution is -0.183. The van der Waals surface area contributed by atoms with Crippen molar-refractivity contribution in [2.24, 2.45) is 35.0 Å². The molecule has 9 nitrogen and oxygen atoms in total. The van der Waals surface area contributed by atoms with Crippen molar-refractivity contribution in [2.75, 3.05) is 27.2 Å². The average Bonchev–Trinajstić information content (AvgIpc) is 3.39. The van der Waals surface area contributed by atoms with Crippen molar-refractivity contribution in [1.29, 1.82) is 0 Å². The Bertz CT molecular complexity index is 1410. The summed E-state index contributed by atoms with van der Waals surface area (Å²) in [6.45, 7) is 13.6. The predicted molar refractivity (Wildman–Crippen MR) is 184 cm³/mol. The largest absolute Gasteiger partial charge is 0.394 e. The van der Waals surface area contributed by atoms with E-state index in [0.717, 1.165) is 29.7 Å². The fraction of sp³-hybridized carbons (Fsp3) is 0.632. The zero-order valence-corrected chi connectivity index (χ0v) is 29.4. The second-order valence-corrected chi connectivity index (χ2v) is 15.6. The summed E-state index contributed by atoms with van der Waals surface area (Å²) in [6.07, 6.45) is 0.639. The number of likely N-dealkylation sites (N-methyl/N-ethyl adjacent to an activating group) is 1. The van der Waals surface area contributed by atoms with Crippen molar-refractivity contribution in [3.63, 3.8) is 0 Å². The normalized spacial score (nSPS) is 29.7. The Kier molecular flexibility index (Phi) is 10.8. The van der Waals surface area contributed by atoms with Crippen LogP contribution in [0.2, 0.25) is 0 Å². The monoisotopic (exact) mass is 648 g/mol. The van der Waals surface area contributed by atoms with Crippen LogP contribution in [-0.4, -0.2) is 89.6 Å². The Balaban J connectivity index is 1.33. The topological polar surface area (TPSA) is 114 Å². The molecule has 4 aliphatic rings. The summed E-state index contributed by atoms with van der Waals surface area (Å²) in [5.74, 6) is 1.01. The van der Waals surface area contributed by atoms with Crippen LogP contribution in [0, 0.1) is 35.0 Å². The molecule has 3 aliphatic carbocycles. The molecule has 0 unspecified atom stereocenters. The number of rotatable bonds is 12. The van der Waals surface area contributed by atoms with E-state index in [4.69, 9.17) is 4.84 Å². The van der Waals surface area contributed by atoms with Gasteiger partial charge in [-0.2, -0.15) is 5.06 Å². The van der Waals surface area contributed by atoms with Gasteiger partial charge in [0.05, 0.1) is 19.3 Å². The molecule has 1 aliphatic heterocycles. The number of hydrogen-bond acceptors (Lipinski definition) is 7. The van der Waals surface area contributed by atoms with Crippen molar-refractivity contribution in [1.82, 2.24) is 20.6 Å². The summed E-state index contributed by atoms with van der Waals surface area (Å²) in [5, 5.41) is 29.2. The highest BCUT2D eigenvalue weighted by Gasteiger charge is 2.57. The van der Waals surface area contributed by atoms with E-state index >= 15 is 0 Å². The Labute approximate surface area is 281 Å². The number of fused-ring (bicyclic) bond motifs is 2. The number of amides is 2. The Morgan fingerprint density at radius 1 is 1.06 bits per heavy atom. The molecule has 47 heavy (non-hydrogen) atoms. The molecule has 4 N–H and O–H groups in total. The molecule has 1 saturated heterocycles. The molecule has 0 aromatic heterocycles. The highest BCUT2D eigenvalue weighted by atomic mass is 16.7. The number of hydrogen-bond donors (Lipinski definition) is 4. The molecule has 2 aromatic rings. The van der Waals surface area contributed by atoms with Crippen molar-refractivity contribution >= 4 is 11.8 Å². The van der Waals surface area contributed by atoms with Gasteiger partial charge in [-0.25, -0.2) is 0 Å². The molecule has 1 heterocycles. The molecule has 9 atom stereocenters. The minimum Gasteiger partial charge on any atom is -0.394 e. The Morgan fingerprint density at radius 2 is 1.74 bits per heavy atom. The predicted octanol–water partition coefficient (Wildman–Crippen LogP) is 4.33. The van der Waals surface area contributed by atoms with Gasteiger partial charge in [-0.15, -0.1) is 0 Å². The molecule has 0 radical (unpaired) electrons. The van der Waals surface area contributed by atoms with E-state index in [1.54, 1.807) is 12.0 Å². The fourth-order valence-electron chi connectivity index (χ4n) is 8.42. The highest BCUT2D eigenvalue weighted by molar-refractivity contribution is 5.95. The van der Waals surface area contributed by atoms with Gasteiger partial charge in [0.2, 0.25) is 5.91 Å². The minimum absolute atomic E-state index is 0.0298. The second-order valence-electron chi connectivity index (χ2n) is 15.6. The third-order valence-corrected chi connectivity index (χ3v) is 11.5. The first kappa shape index (κ1) is 35.5. The first-order chi connectivity index (χ1) is 22.2. The molecule has 2 bridgehead atoms. The number of benzene rings is 2. The molecule has 0 spiro atoms. The van der Waals surface area contributed by atoms with Gasteiger partial charge in [0, 0.05) is 30.1 Å². The van der Waals surface area contributed by atoms with E-state index in [2.05, 4.69) is 50.2 Å². The number of aliphatic hydroxyl groups excluding tert-OH is 2. The van der Waals surface area contributed by atoms with Crippen molar-refractivity contribution in [3.8, 4) is 11.1 Å².